The second-order valence-corrected chi connectivity index (χ2v) is 4.46. The summed E-state index contributed by atoms with van der Waals surface area (Å²) < 4.78 is 30.0. The lowest BCUT2D eigenvalue weighted by molar-refractivity contribution is 0.102. The van der Waals surface area contributed by atoms with Crippen molar-refractivity contribution in [2.45, 2.75) is 6.43 Å². The minimum atomic E-state index is -2.79. The van der Waals surface area contributed by atoms with Crippen LogP contribution < -0.4 is 11.1 Å². The fourth-order valence-electron chi connectivity index (χ4n) is 1.91. The molecule has 6 nitrogen and oxygen atoms in total. The second-order valence-electron chi connectivity index (χ2n) is 4.46. The highest BCUT2D eigenvalue weighted by molar-refractivity contribution is 6.05. The van der Waals surface area contributed by atoms with Crippen LogP contribution in [0.4, 0.5) is 20.3 Å². The van der Waals surface area contributed by atoms with Crippen molar-refractivity contribution in [3.8, 4) is 0 Å². The molecule has 0 saturated carbocycles. The Hall–Kier alpha value is -3.03. The van der Waals surface area contributed by atoms with Crippen LogP contribution in [-0.4, -0.2) is 15.9 Å². The van der Waals surface area contributed by atoms with E-state index in [1.165, 1.54) is 36.5 Å². The molecule has 0 spiro atoms. The molecule has 0 aliphatic rings. The van der Waals surface area contributed by atoms with Gasteiger partial charge in [-0.3, -0.25) is 4.79 Å². The fourth-order valence-corrected chi connectivity index (χ4v) is 1.91. The fraction of sp³-hybridized carbons (Fsp3) is 0.0714. The van der Waals surface area contributed by atoms with E-state index in [0.29, 0.717) is 11.3 Å². The van der Waals surface area contributed by atoms with Crippen LogP contribution in [0.2, 0.25) is 0 Å². The van der Waals surface area contributed by atoms with Crippen molar-refractivity contribution in [2.24, 2.45) is 0 Å². The highest BCUT2D eigenvalue weighted by Gasteiger charge is 2.16. The van der Waals surface area contributed by atoms with E-state index < -0.39 is 18.2 Å². The topological polar surface area (TPSA) is 94.0 Å². The van der Waals surface area contributed by atoms with Crippen molar-refractivity contribution in [3.05, 3.63) is 48.0 Å². The van der Waals surface area contributed by atoms with Gasteiger partial charge in [-0.15, -0.1) is 0 Å². The van der Waals surface area contributed by atoms with Crippen LogP contribution in [0, 0.1) is 0 Å². The maximum atomic E-state index is 12.5. The monoisotopic (exact) mass is 304 g/mol. The van der Waals surface area contributed by atoms with Crippen molar-refractivity contribution in [1.82, 2.24) is 9.97 Å². The Morgan fingerprint density at radius 1 is 1.27 bits per heavy atom. The van der Waals surface area contributed by atoms with Crippen LogP contribution in [0.15, 0.2) is 40.9 Å². The number of alkyl halides is 2. The standard InChI is InChI=1S/C14H10F2N4O2/c15-12(16)14-20-9-6-8(1-2-10(9)22-14)19-13(21)7-3-4-18-11(17)5-7/h1-6,12H,(H2,17,18)(H,19,21). The first-order chi connectivity index (χ1) is 10.5. The van der Waals surface area contributed by atoms with Crippen molar-refractivity contribution in [1.29, 1.82) is 0 Å². The van der Waals surface area contributed by atoms with Gasteiger partial charge in [0.15, 0.2) is 5.58 Å². The van der Waals surface area contributed by atoms with Crippen molar-refractivity contribution in [2.75, 3.05) is 11.1 Å². The number of nitrogens with two attached hydrogens (primary N) is 1. The molecule has 1 aromatic carbocycles. The molecule has 2 aromatic heterocycles. The number of pyridine rings is 1. The Kier molecular flexibility index (Phi) is 3.42. The lowest BCUT2D eigenvalue weighted by Gasteiger charge is -2.05. The molecule has 3 aromatic rings. The molecular formula is C14H10F2N4O2. The van der Waals surface area contributed by atoms with Gasteiger partial charge in [0.25, 0.3) is 11.8 Å². The molecule has 112 valence electrons. The summed E-state index contributed by atoms with van der Waals surface area (Å²) in [4.78, 5) is 19.5. The van der Waals surface area contributed by atoms with Gasteiger partial charge in [0.05, 0.1) is 0 Å². The largest absolute Gasteiger partial charge is 0.435 e. The molecule has 0 saturated heterocycles. The Bertz CT molecular complexity index is 848. The number of nitrogens with zero attached hydrogens (tertiary/aromatic N) is 2. The Labute approximate surface area is 123 Å². The molecule has 0 aliphatic carbocycles. The highest BCUT2D eigenvalue weighted by Crippen LogP contribution is 2.25. The van der Waals surface area contributed by atoms with Gasteiger partial charge >= 0.3 is 6.43 Å². The summed E-state index contributed by atoms with van der Waals surface area (Å²) in [6, 6.07) is 7.39. The van der Waals surface area contributed by atoms with Gasteiger partial charge < -0.3 is 15.5 Å². The number of fused-ring (bicyclic) bond motifs is 1. The maximum absolute atomic E-state index is 12.5. The highest BCUT2D eigenvalue weighted by atomic mass is 19.3. The normalized spacial score (nSPS) is 11.0. The molecule has 22 heavy (non-hydrogen) atoms. The van der Waals surface area contributed by atoms with Crippen molar-refractivity contribution < 1.29 is 18.0 Å². The third-order valence-electron chi connectivity index (χ3n) is 2.89. The maximum Gasteiger partial charge on any atom is 0.313 e. The van der Waals surface area contributed by atoms with Crippen LogP contribution in [0.25, 0.3) is 11.1 Å². The number of amides is 1. The summed E-state index contributed by atoms with van der Waals surface area (Å²) in [6.07, 6.45) is -1.37. The van der Waals surface area contributed by atoms with Gasteiger partial charge in [-0.2, -0.15) is 8.78 Å². The number of hydrogen-bond donors (Lipinski definition) is 2. The molecule has 1 amide bonds. The first-order valence-electron chi connectivity index (χ1n) is 6.24. The number of anilines is 2. The zero-order valence-electron chi connectivity index (χ0n) is 11.1. The van der Waals surface area contributed by atoms with Crippen molar-refractivity contribution in [3.63, 3.8) is 0 Å². The zero-order chi connectivity index (χ0) is 15.7. The summed E-state index contributed by atoms with van der Waals surface area (Å²) in [5.41, 5.74) is 6.71. The van der Waals surface area contributed by atoms with Crippen LogP contribution in [0.1, 0.15) is 22.7 Å². The number of carbonyl (C=O) groups is 1. The Morgan fingerprint density at radius 2 is 2.09 bits per heavy atom. The molecule has 0 radical (unpaired) electrons. The van der Waals surface area contributed by atoms with Crippen LogP contribution >= 0.6 is 0 Å². The van der Waals surface area contributed by atoms with Gasteiger partial charge in [0.1, 0.15) is 11.3 Å². The number of rotatable bonds is 3. The first-order valence-corrected chi connectivity index (χ1v) is 6.24. The predicted molar refractivity (Wildman–Crippen MR) is 75.6 cm³/mol. The molecule has 0 aliphatic heterocycles. The van der Waals surface area contributed by atoms with Crippen molar-refractivity contribution >= 4 is 28.5 Å². The molecular weight excluding hydrogens is 294 g/mol. The van der Waals surface area contributed by atoms with Gasteiger partial charge in [0, 0.05) is 17.4 Å². The number of nitrogens with one attached hydrogen (secondary N) is 1. The minimum Gasteiger partial charge on any atom is -0.435 e. The number of aromatic nitrogens is 2. The van der Waals surface area contributed by atoms with E-state index in [9.17, 15) is 13.6 Å². The molecule has 0 bridgehead atoms. The Morgan fingerprint density at radius 3 is 2.82 bits per heavy atom. The molecule has 3 rings (SSSR count). The minimum absolute atomic E-state index is 0.223. The van der Waals surface area contributed by atoms with E-state index in [4.69, 9.17) is 10.2 Å². The number of carbonyl (C=O) groups excluding carboxylic acids is 1. The zero-order valence-corrected chi connectivity index (χ0v) is 11.1. The lowest BCUT2D eigenvalue weighted by atomic mass is 10.2. The smallest absolute Gasteiger partial charge is 0.313 e. The Balaban J connectivity index is 1.86. The number of nitrogen functional groups attached to an aromatic ring is 1. The SMILES string of the molecule is Nc1cc(C(=O)Nc2ccc3oc(C(F)F)nc3c2)ccn1. The van der Waals surface area contributed by atoms with Crippen LogP contribution in [0.5, 0.6) is 0 Å². The predicted octanol–water partition coefficient (Wildman–Crippen LogP) is 2.99. The van der Waals surface area contributed by atoms with Gasteiger partial charge in [0.2, 0.25) is 0 Å². The quantitative estimate of drug-likeness (QED) is 0.775. The van der Waals surface area contributed by atoms with E-state index in [1.54, 1.807) is 0 Å². The number of oxazole rings is 1. The van der Waals surface area contributed by atoms with Gasteiger partial charge in [-0.05, 0) is 30.3 Å². The summed E-state index contributed by atoms with van der Waals surface area (Å²) >= 11 is 0. The van der Waals surface area contributed by atoms with E-state index in [0.717, 1.165) is 0 Å². The summed E-state index contributed by atoms with van der Waals surface area (Å²) in [6.45, 7) is 0. The molecule has 0 atom stereocenters. The third kappa shape index (κ3) is 2.71. The van der Waals surface area contributed by atoms with E-state index in [1.807, 2.05) is 0 Å². The lowest BCUT2D eigenvalue weighted by Crippen LogP contribution is -2.12. The van der Waals surface area contributed by atoms with Gasteiger partial charge in [-0.25, -0.2) is 9.97 Å². The second kappa shape index (κ2) is 5.40. The van der Waals surface area contributed by atoms with Crippen LogP contribution in [-0.2, 0) is 0 Å². The summed E-state index contributed by atoms with van der Waals surface area (Å²) in [7, 11) is 0. The molecule has 0 fully saturated rings. The third-order valence-corrected chi connectivity index (χ3v) is 2.89. The summed E-state index contributed by atoms with van der Waals surface area (Å²) in [5, 5.41) is 2.62. The average molecular weight is 304 g/mol. The number of hydrogen-bond acceptors (Lipinski definition) is 5. The van der Waals surface area contributed by atoms with Crippen LogP contribution in [0.3, 0.4) is 0 Å². The molecule has 8 heteroatoms. The van der Waals surface area contributed by atoms with E-state index >= 15 is 0 Å². The molecule has 3 N–H and O–H groups in total. The van der Waals surface area contributed by atoms with Gasteiger partial charge in [-0.1, -0.05) is 0 Å². The number of benzene rings is 1. The van der Waals surface area contributed by atoms with E-state index in [2.05, 4.69) is 15.3 Å². The summed E-state index contributed by atoms with van der Waals surface area (Å²) in [5.74, 6) is -0.826. The van der Waals surface area contributed by atoms with E-state index in [-0.39, 0.29) is 16.9 Å². The molecule has 0 unspecified atom stereocenters. The average Bonchev–Trinajstić information content (AvgIpc) is 2.90. The first kappa shape index (κ1) is 13.9. The number of halogens is 2. The molecule has 2 heterocycles.